The van der Waals surface area contributed by atoms with Crippen molar-refractivity contribution in [2.45, 2.75) is 44.2 Å². The monoisotopic (exact) mass is 284 g/mol. The zero-order chi connectivity index (χ0) is 15.2. The van der Waals surface area contributed by atoms with Crippen LogP contribution in [0.15, 0.2) is 30.3 Å². The van der Waals surface area contributed by atoms with Crippen molar-refractivity contribution in [3.8, 4) is 12.3 Å². The second kappa shape index (κ2) is 6.94. The Morgan fingerprint density at radius 3 is 2.33 bits per heavy atom. The molecule has 0 aliphatic heterocycles. The van der Waals surface area contributed by atoms with Crippen LogP contribution in [0.4, 0.5) is 0 Å². The molecule has 1 atom stereocenters. The van der Waals surface area contributed by atoms with E-state index in [9.17, 15) is 9.59 Å². The Hall–Kier alpha value is -2.28. The van der Waals surface area contributed by atoms with Crippen LogP contribution >= 0.6 is 0 Å². The highest BCUT2D eigenvalue weighted by Crippen LogP contribution is 2.30. The highest BCUT2D eigenvalue weighted by Gasteiger charge is 2.35. The number of benzene rings is 1. The first kappa shape index (κ1) is 15.1. The zero-order valence-electron chi connectivity index (χ0n) is 12.0. The van der Waals surface area contributed by atoms with Crippen molar-refractivity contribution in [2.24, 2.45) is 5.73 Å². The van der Waals surface area contributed by atoms with E-state index in [2.05, 4.69) is 5.92 Å². The summed E-state index contributed by atoms with van der Waals surface area (Å²) in [5.74, 6) is 1.14. The third-order valence-corrected chi connectivity index (χ3v) is 3.99. The number of nitrogens with two attached hydrogens (primary N) is 1. The summed E-state index contributed by atoms with van der Waals surface area (Å²) in [6.45, 7) is 0. The van der Waals surface area contributed by atoms with Crippen molar-refractivity contribution >= 4 is 11.8 Å². The maximum absolute atomic E-state index is 12.2. The standard InChI is InChI=1S/C17H20N2O2/c1-2-15(20)19(14-11-7-4-8-12-14)16(17(18)21)13-9-5-3-6-10-13/h1,3,5-6,9-10,14,16H,4,7-8,11-12H2,(H2,18,21). The quantitative estimate of drug-likeness (QED) is 0.860. The molecule has 0 heterocycles. The van der Waals surface area contributed by atoms with Gasteiger partial charge >= 0.3 is 0 Å². The summed E-state index contributed by atoms with van der Waals surface area (Å²) < 4.78 is 0. The van der Waals surface area contributed by atoms with Gasteiger partial charge in [0, 0.05) is 6.04 Å². The second-order valence-electron chi connectivity index (χ2n) is 5.36. The largest absolute Gasteiger partial charge is 0.368 e. The molecule has 1 aliphatic carbocycles. The first-order valence-corrected chi connectivity index (χ1v) is 7.28. The molecule has 4 nitrogen and oxygen atoms in total. The van der Waals surface area contributed by atoms with Crippen molar-refractivity contribution in [2.75, 3.05) is 0 Å². The lowest BCUT2D eigenvalue weighted by molar-refractivity contribution is -0.138. The SMILES string of the molecule is C#CC(=O)N(C1CCCCC1)C(C(N)=O)c1ccccc1. The Morgan fingerprint density at radius 1 is 1.19 bits per heavy atom. The fraction of sp³-hybridized carbons (Fsp3) is 0.412. The lowest BCUT2D eigenvalue weighted by Gasteiger charge is -2.37. The van der Waals surface area contributed by atoms with E-state index < -0.39 is 17.9 Å². The fourth-order valence-electron chi connectivity index (χ4n) is 3.02. The van der Waals surface area contributed by atoms with Gasteiger partial charge in [0.25, 0.3) is 5.91 Å². The predicted octanol–water partition coefficient (Wildman–Crippen LogP) is 2.01. The fourth-order valence-corrected chi connectivity index (χ4v) is 3.02. The Kier molecular flexibility index (Phi) is 4.99. The number of rotatable bonds is 4. The minimum atomic E-state index is -0.794. The zero-order valence-corrected chi connectivity index (χ0v) is 12.0. The van der Waals surface area contributed by atoms with Crippen LogP contribution < -0.4 is 5.73 Å². The van der Waals surface area contributed by atoms with Crippen molar-refractivity contribution < 1.29 is 9.59 Å². The van der Waals surface area contributed by atoms with E-state index in [1.54, 1.807) is 12.1 Å². The molecule has 2 amide bonds. The molecule has 1 aromatic rings. The van der Waals surface area contributed by atoms with E-state index in [-0.39, 0.29) is 6.04 Å². The number of carbonyl (C=O) groups excluding carboxylic acids is 2. The topological polar surface area (TPSA) is 63.4 Å². The van der Waals surface area contributed by atoms with Crippen LogP contribution in [0.5, 0.6) is 0 Å². The molecule has 21 heavy (non-hydrogen) atoms. The van der Waals surface area contributed by atoms with Gasteiger partial charge < -0.3 is 10.6 Å². The number of primary amides is 1. The molecule has 110 valence electrons. The lowest BCUT2D eigenvalue weighted by atomic mass is 9.91. The van der Waals surface area contributed by atoms with Crippen molar-refractivity contribution in [1.29, 1.82) is 0 Å². The number of carbonyl (C=O) groups is 2. The third-order valence-electron chi connectivity index (χ3n) is 3.99. The summed E-state index contributed by atoms with van der Waals surface area (Å²) >= 11 is 0. The summed E-state index contributed by atoms with van der Waals surface area (Å²) in [6.07, 6.45) is 10.3. The van der Waals surface area contributed by atoms with Crippen LogP contribution in [0.1, 0.15) is 43.7 Å². The normalized spacial score (nSPS) is 16.7. The second-order valence-corrected chi connectivity index (χ2v) is 5.36. The molecular weight excluding hydrogens is 264 g/mol. The number of terminal acetylenes is 1. The van der Waals surface area contributed by atoms with Crippen LogP contribution in [0, 0.1) is 12.3 Å². The van der Waals surface area contributed by atoms with Crippen LogP contribution in [-0.2, 0) is 9.59 Å². The first-order valence-electron chi connectivity index (χ1n) is 7.28. The molecule has 0 saturated heterocycles. The highest BCUT2D eigenvalue weighted by atomic mass is 16.2. The molecule has 1 unspecified atom stereocenters. The maximum Gasteiger partial charge on any atom is 0.299 e. The molecule has 4 heteroatoms. The number of nitrogens with zero attached hydrogens (tertiary/aromatic N) is 1. The molecule has 1 fully saturated rings. The summed E-state index contributed by atoms with van der Waals surface area (Å²) in [7, 11) is 0. The van der Waals surface area contributed by atoms with Gasteiger partial charge in [-0.1, -0.05) is 49.6 Å². The van der Waals surface area contributed by atoms with Gasteiger partial charge in [-0.15, -0.1) is 6.42 Å². The van der Waals surface area contributed by atoms with Crippen molar-refractivity contribution in [3.63, 3.8) is 0 Å². The van der Waals surface area contributed by atoms with E-state index in [4.69, 9.17) is 12.2 Å². The molecule has 0 radical (unpaired) electrons. The summed E-state index contributed by atoms with van der Waals surface area (Å²) in [5, 5.41) is 0. The Morgan fingerprint density at radius 2 is 1.81 bits per heavy atom. The molecule has 1 aliphatic rings. The average Bonchev–Trinajstić information content (AvgIpc) is 2.53. The molecule has 1 saturated carbocycles. The molecule has 0 spiro atoms. The first-order chi connectivity index (χ1) is 10.1. The lowest BCUT2D eigenvalue weighted by Crippen LogP contribution is -2.47. The van der Waals surface area contributed by atoms with Crippen molar-refractivity contribution in [3.05, 3.63) is 35.9 Å². The van der Waals surface area contributed by atoms with Gasteiger partial charge in [-0.3, -0.25) is 9.59 Å². The van der Waals surface area contributed by atoms with Gasteiger partial charge in [0.2, 0.25) is 5.91 Å². The van der Waals surface area contributed by atoms with Crippen LogP contribution in [0.3, 0.4) is 0 Å². The molecule has 2 rings (SSSR count). The van der Waals surface area contributed by atoms with E-state index in [0.29, 0.717) is 5.56 Å². The number of hydrogen-bond acceptors (Lipinski definition) is 2. The Balaban J connectivity index is 2.38. The van der Waals surface area contributed by atoms with E-state index in [1.165, 1.54) is 4.90 Å². The minimum absolute atomic E-state index is 0.0139. The van der Waals surface area contributed by atoms with Crippen LogP contribution in [-0.4, -0.2) is 22.8 Å². The van der Waals surface area contributed by atoms with Gasteiger partial charge in [0.1, 0.15) is 6.04 Å². The third kappa shape index (κ3) is 3.43. The Labute approximate surface area is 125 Å². The Bertz CT molecular complexity index is 542. The highest BCUT2D eigenvalue weighted by molar-refractivity contribution is 5.97. The molecule has 2 N–H and O–H groups in total. The van der Waals surface area contributed by atoms with Gasteiger partial charge in [-0.25, -0.2) is 0 Å². The summed E-state index contributed by atoms with van der Waals surface area (Å²) in [4.78, 5) is 25.7. The van der Waals surface area contributed by atoms with Crippen LogP contribution in [0.2, 0.25) is 0 Å². The minimum Gasteiger partial charge on any atom is -0.368 e. The summed E-state index contributed by atoms with van der Waals surface area (Å²) in [6, 6.07) is 8.30. The van der Waals surface area contributed by atoms with Gasteiger partial charge in [-0.05, 0) is 24.3 Å². The average molecular weight is 284 g/mol. The van der Waals surface area contributed by atoms with Gasteiger partial charge in [0.05, 0.1) is 0 Å². The number of hydrogen-bond donors (Lipinski definition) is 1. The molecule has 0 bridgehead atoms. The number of amides is 2. The van der Waals surface area contributed by atoms with Gasteiger partial charge in [-0.2, -0.15) is 0 Å². The smallest absolute Gasteiger partial charge is 0.299 e. The van der Waals surface area contributed by atoms with Crippen LogP contribution in [0.25, 0.3) is 0 Å². The van der Waals surface area contributed by atoms with Crippen molar-refractivity contribution in [1.82, 2.24) is 4.90 Å². The predicted molar refractivity (Wildman–Crippen MR) is 80.9 cm³/mol. The van der Waals surface area contributed by atoms with E-state index in [0.717, 1.165) is 32.1 Å². The molecule has 0 aromatic heterocycles. The van der Waals surface area contributed by atoms with E-state index >= 15 is 0 Å². The van der Waals surface area contributed by atoms with E-state index in [1.807, 2.05) is 18.2 Å². The summed E-state index contributed by atoms with van der Waals surface area (Å²) in [5.41, 5.74) is 6.27. The molecule has 1 aromatic carbocycles. The maximum atomic E-state index is 12.2. The molecular formula is C17H20N2O2. The van der Waals surface area contributed by atoms with Gasteiger partial charge in [0.15, 0.2) is 0 Å².